The molecule has 23 heteroatoms. The van der Waals surface area contributed by atoms with E-state index in [-0.39, 0.29) is 32.0 Å². The first kappa shape index (κ1) is 50.3. The van der Waals surface area contributed by atoms with Gasteiger partial charge in [0.15, 0.2) is 27.9 Å². The first-order valence-corrected chi connectivity index (χ1v) is 25.9. The number of nitrogens with zero attached hydrogens (tertiary/aromatic N) is 3. The van der Waals surface area contributed by atoms with Gasteiger partial charge in [0.25, 0.3) is 22.8 Å². The van der Waals surface area contributed by atoms with Gasteiger partial charge in [-0.3, -0.25) is 23.7 Å². The normalized spacial score (nSPS) is 16.4. The van der Waals surface area contributed by atoms with Gasteiger partial charge in [0.1, 0.15) is 33.9 Å². The van der Waals surface area contributed by atoms with Gasteiger partial charge in [-0.25, -0.2) is 19.4 Å². The molecule has 8 rings (SSSR count). The highest BCUT2D eigenvalue weighted by molar-refractivity contribution is 8.02. The Kier molecular flexibility index (Phi) is 15.0. The second-order valence-corrected chi connectivity index (χ2v) is 21.8. The number of hydrogen-bond donors (Lipinski definition) is 7. The van der Waals surface area contributed by atoms with Crippen LogP contribution in [-0.4, -0.2) is 104 Å². The van der Waals surface area contributed by atoms with Gasteiger partial charge in [0.05, 0.1) is 4.21 Å². The highest BCUT2D eigenvalue weighted by Gasteiger charge is 2.54. The van der Waals surface area contributed by atoms with Crippen molar-refractivity contribution in [1.29, 1.82) is 0 Å². The number of carboxylic acid groups (broad SMARTS) is 2. The van der Waals surface area contributed by atoms with E-state index in [2.05, 4.69) is 20.2 Å². The number of benzene rings is 4. The number of fused-ring (bicyclic) bond motifs is 1. The third-order valence-electron chi connectivity index (χ3n) is 10.7. The predicted octanol–water partition coefficient (Wildman–Crippen LogP) is 7.12. The molecule has 1 saturated heterocycles. The Balaban J connectivity index is 1.14. The smallest absolute Gasteiger partial charge is 0.361 e. The zero-order chi connectivity index (χ0) is 50.6. The molecular weight excluding hydrogens is 1010 g/mol. The summed E-state index contributed by atoms with van der Waals surface area (Å²) >= 11 is 4.81. The Labute approximate surface area is 425 Å². The van der Waals surface area contributed by atoms with Gasteiger partial charge in [0.2, 0.25) is 0 Å². The molecule has 2 aliphatic rings. The van der Waals surface area contributed by atoms with Gasteiger partial charge >= 0.3 is 17.9 Å². The van der Waals surface area contributed by atoms with Crippen molar-refractivity contribution in [2.24, 2.45) is 5.16 Å². The number of anilines is 1. The number of rotatable bonds is 18. The molecular formula is C48H42N6O12S5. The molecule has 0 spiro atoms. The van der Waals surface area contributed by atoms with Crippen molar-refractivity contribution in [2.75, 3.05) is 16.8 Å². The van der Waals surface area contributed by atoms with Gasteiger partial charge in [-0.2, -0.15) is 0 Å². The zero-order valence-corrected chi connectivity index (χ0v) is 41.6. The van der Waals surface area contributed by atoms with Crippen molar-refractivity contribution in [3.8, 4) is 11.5 Å². The lowest BCUT2D eigenvalue weighted by molar-refractivity contribution is -0.162. The van der Waals surface area contributed by atoms with Crippen LogP contribution in [0.1, 0.15) is 53.5 Å². The molecule has 3 atom stereocenters. The van der Waals surface area contributed by atoms with E-state index >= 15 is 0 Å². The van der Waals surface area contributed by atoms with Crippen LogP contribution in [0.25, 0.3) is 0 Å². The molecule has 0 bridgehead atoms. The van der Waals surface area contributed by atoms with Crippen molar-refractivity contribution in [3.63, 3.8) is 0 Å². The summed E-state index contributed by atoms with van der Waals surface area (Å²) in [5, 5.41) is 51.6. The molecule has 0 aliphatic carbocycles. The number of carboxylic acids is 2. The average molecular weight is 1060 g/mol. The van der Waals surface area contributed by atoms with E-state index in [9.17, 15) is 49.2 Å². The van der Waals surface area contributed by atoms with Gasteiger partial charge in [-0.05, 0) is 61.2 Å². The van der Waals surface area contributed by atoms with E-state index in [0.717, 1.165) is 68.0 Å². The Morgan fingerprint density at radius 1 is 0.887 bits per heavy atom. The first-order valence-electron chi connectivity index (χ1n) is 21.3. The number of nitrogens with one attached hydrogen (secondary N) is 3. The number of phenols is 2. The first-order chi connectivity index (χ1) is 33.9. The number of esters is 1. The number of hydrogen-bond acceptors (Lipinski definition) is 18. The predicted molar refractivity (Wildman–Crippen MR) is 270 cm³/mol. The van der Waals surface area contributed by atoms with Gasteiger partial charge in [-0.15, -0.1) is 34.9 Å². The second kappa shape index (κ2) is 21.1. The number of aromatic nitrogens is 2. The molecule has 2 aliphatic heterocycles. The van der Waals surface area contributed by atoms with Crippen LogP contribution in [0.15, 0.2) is 145 Å². The quantitative estimate of drug-likeness (QED) is 0.00660. The fourth-order valence-electron chi connectivity index (χ4n) is 7.58. The number of thioether (sulfide) groups is 3. The van der Waals surface area contributed by atoms with Crippen molar-refractivity contribution in [2.45, 2.75) is 57.9 Å². The minimum atomic E-state index is -1.60. The molecule has 71 heavy (non-hydrogen) atoms. The van der Waals surface area contributed by atoms with Crippen molar-refractivity contribution >= 4 is 98.7 Å². The molecule has 4 aromatic carbocycles. The fourth-order valence-corrected chi connectivity index (χ4v) is 12.6. The number of thiazole rings is 1. The Bertz CT molecular complexity index is 3020. The molecule has 4 heterocycles. The summed E-state index contributed by atoms with van der Waals surface area (Å²) in [4.78, 5) is 90.9. The number of H-pyrrole nitrogens is 1. The Hall–Kier alpha value is -7.05. The molecule has 0 saturated carbocycles. The number of amides is 2. The van der Waals surface area contributed by atoms with E-state index in [1.165, 1.54) is 30.0 Å². The maximum atomic E-state index is 14.7. The number of ether oxygens (including phenoxy) is 1. The van der Waals surface area contributed by atoms with Gasteiger partial charge in [0, 0.05) is 21.8 Å². The summed E-state index contributed by atoms with van der Waals surface area (Å²) < 4.78 is 8.14. The van der Waals surface area contributed by atoms with Crippen LogP contribution in [-0.2, 0) is 34.3 Å². The summed E-state index contributed by atoms with van der Waals surface area (Å²) in [5.74, 6) is -6.35. The maximum Gasteiger partial charge on any atom is 0.361 e. The third kappa shape index (κ3) is 10.8. The minimum Gasteiger partial charge on any atom is -0.504 e. The number of aromatic amines is 1. The number of aromatic hydroxyl groups is 2. The highest BCUT2D eigenvalue weighted by Crippen LogP contribution is 2.43. The number of aliphatic carboxylic acids is 1. The zero-order valence-electron chi connectivity index (χ0n) is 37.6. The minimum absolute atomic E-state index is 0.0357. The molecule has 18 nitrogen and oxygen atoms in total. The van der Waals surface area contributed by atoms with E-state index in [1.54, 1.807) is 26.2 Å². The van der Waals surface area contributed by atoms with Crippen molar-refractivity contribution in [3.05, 3.63) is 164 Å². The SMILES string of the molecule is CC(C)(C)OC(=O)C(O/N=C(\C(=O)NC1C(=O)N2C(C(=O)O)=C(CSc3s[nH]c(=O)c3C(=O)O)CSC12)c1csc(NC(c2ccccc2)(c2ccccc2)c2ccccc2)n1)Sc1ccc(O)c(O)c1. The van der Waals surface area contributed by atoms with Crippen LogP contribution < -0.4 is 16.2 Å². The van der Waals surface area contributed by atoms with Crippen LogP contribution in [0.4, 0.5) is 5.13 Å². The van der Waals surface area contributed by atoms with Crippen LogP contribution in [0, 0.1) is 0 Å². The molecule has 7 N–H and O–H groups in total. The third-order valence-corrected chi connectivity index (χ3v) is 16.1. The van der Waals surface area contributed by atoms with E-state index in [4.69, 9.17) is 14.6 Å². The lowest BCUT2D eigenvalue weighted by atomic mass is 9.77. The summed E-state index contributed by atoms with van der Waals surface area (Å²) in [7, 11) is 0. The van der Waals surface area contributed by atoms with Crippen LogP contribution in [0.2, 0.25) is 0 Å². The fraction of sp³-hybridized carbons (Fsp3) is 0.208. The van der Waals surface area contributed by atoms with Gasteiger partial charge < -0.3 is 40.6 Å². The van der Waals surface area contributed by atoms with Gasteiger partial charge in [-0.1, -0.05) is 119 Å². The lowest BCUT2D eigenvalue weighted by Crippen LogP contribution is -2.71. The van der Waals surface area contributed by atoms with Crippen LogP contribution in [0.5, 0.6) is 11.5 Å². The Morgan fingerprint density at radius 2 is 1.51 bits per heavy atom. The van der Waals surface area contributed by atoms with E-state index in [0.29, 0.717) is 10.7 Å². The molecule has 2 aromatic heterocycles. The highest BCUT2D eigenvalue weighted by atomic mass is 32.2. The van der Waals surface area contributed by atoms with E-state index < -0.39 is 86.0 Å². The second-order valence-electron chi connectivity index (χ2n) is 16.6. The van der Waals surface area contributed by atoms with E-state index in [1.807, 2.05) is 91.0 Å². The molecule has 6 aromatic rings. The largest absolute Gasteiger partial charge is 0.504 e. The monoisotopic (exact) mass is 1050 g/mol. The van der Waals surface area contributed by atoms with Crippen molar-refractivity contribution in [1.82, 2.24) is 19.6 Å². The molecule has 3 unspecified atom stereocenters. The number of oxime groups is 1. The topological polar surface area (TPSA) is 270 Å². The number of carbonyl (C=O) groups excluding carboxylic acids is 3. The van der Waals surface area contributed by atoms with Crippen LogP contribution >= 0.6 is 58.2 Å². The molecule has 2 amide bonds. The molecule has 0 radical (unpaired) electrons. The number of phenolic OH excluding ortho intramolecular Hbond substituents is 2. The van der Waals surface area contributed by atoms with Crippen molar-refractivity contribution < 1.29 is 54.0 Å². The molecule has 1 fully saturated rings. The number of aromatic carboxylic acids is 1. The maximum absolute atomic E-state index is 14.7. The summed E-state index contributed by atoms with van der Waals surface area (Å²) in [6.45, 7) is 4.92. The average Bonchev–Trinajstić information content (AvgIpc) is 3.98. The summed E-state index contributed by atoms with van der Waals surface area (Å²) in [5.41, 5.74) is -2.85. The Morgan fingerprint density at radius 3 is 2.07 bits per heavy atom. The van der Waals surface area contributed by atoms with Crippen LogP contribution in [0.3, 0.4) is 0 Å². The summed E-state index contributed by atoms with van der Waals surface area (Å²) in [6.07, 6.45) is 0. The standard InChI is InChI=1S/C48H42N6O12S5/c1-47(2,3)65-43(64)44(70-29-19-20-31(55)32(56)21-29)66-52-34(30-24-69-46(49-30)51-48(26-13-7-4-8-14-26,27-15-9-5-10-16-27)28-17-11-6-12-18-28)38(58)50-35-39(59)54-36(42(62)63)25(22-67-40(35)54)23-68-45-33(41(60)61)37(57)53-71-45/h4-21,24,35,40,44,55-56H,22-23H2,1-3H3,(H,49,51)(H,50,58)(H,53,57)(H,60,61)(H,62,63)/b52-34-. The lowest BCUT2D eigenvalue weighted by Gasteiger charge is -2.49. The number of β-lactam (4-membered cyclic amide) rings is 1. The summed E-state index contributed by atoms with van der Waals surface area (Å²) in [6, 6.07) is 31.7. The molecule has 366 valence electrons. The number of carbonyl (C=O) groups is 5.